The summed E-state index contributed by atoms with van der Waals surface area (Å²) >= 11 is 7.62. The van der Waals surface area contributed by atoms with Gasteiger partial charge in [0.2, 0.25) is 5.91 Å². The van der Waals surface area contributed by atoms with Gasteiger partial charge in [0.25, 0.3) is 11.8 Å². The highest BCUT2D eigenvalue weighted by Crippen LogP contribution is 2.29. The second-order valence-corrected chi connectivity index (χ2v) is 11.0. The maximum Gasteiger partial charge on any atom is 0.335 e. The molecule has 0 aliphatic carbocycles. The molecule has 0 bridgehead atoms. The highest BCUT2D eigenvalue weighted by atomic mass is 35.5. The van der Waals surface area contributed by atoms with Crippen molar-refractivity contribution in [1.82, 2.24) is 5.32 Å². The number of hydrogen-bond donors (Lipinski definition) is 4. The largest absolute Gasteiger partial charge is 0.478 e. The minimum absolute atomic E-state index is 0.00517. The summed E-state index contributed by atoms with van der Waals surface area (Å²) in [4.78, 5) is 51.3. The van der Waals surface area contributed by atoms with Crippen LogP contribution in [0.3, 0.4) is 0 Å². The number of benzene rings is 4. The molecule has 0 aromatic heterocycles. The predicted molar refractivity (Wildman–Crippen MR) is 170 cm³/mol. The van der Waals surface area contributed by atoms with E-state index in [2.05, 4.69) is 16.0 Å². The lowest BCUT2D eigenvalue weighted by molar-refractivity contribution is -0.116. The van der Waals surface area contributed by atoms with Crippen LogP contribution in [0.15, 0.2) is 114 Å². The summed E-state index contributed by atoms with van der Waals surface area (Å²) < 4.78 is 0. The minimum Gasteiger partial charge on any atom is -0.478 e. The third-order valence-electron chi connectivity index (χ3n) is 6.14. The number of amides is 3. The third-order valence-corrected chi connectivity index (χ3v) is 7.85. The van der Waals surface area contributed by atoms with Crippen molar-refractivity contribution >= 4 is 64.5 Å². The Morgan fingerprint density at radius 3 is 2.16 bits per heavy atom. The molecule has 43 heavy (non-hydrogen) atoms. The van der Waals surface area contributed by atoms with Crippen molar-refractivity contribution in [3.63, 3.8) is 0 Å². The first-order valence-electron chi connectivity index (χ1n) is 13.3. The summed E-state index contributed by atoms with van der Waals surface area (Å²) in [5.41, 5.74) is 1.85. The number of carbonyl (C=O) groups is 4. The zero-order valence-electron chi connectivity index (χ0n) is 23.0. The van der Waals surface area contributed by atoms with Gasteiger partial charge in [-0.3, -0.25) is 14.4 Å². The van der Waals surface area contributed by atoms with E-state index in [9.17, 15) is 24.3 Å². The van der Waals surface area contributed by atoms with Crippen LogP contribution in [-0.4, -0.2) is 34.0 Å². The Morgan fingerprint density at radius 2 is 1.47 bits per heavy atom. The fourth-order valence-electron chi connectivity index (χ4n) is 3.97. The average molecular weight is 614 g/mol. The molecule has 1 atom stereocenters. The van der Waals surface area contributed by atoms with E-state index in [0.29, 0.717) is 33.9 Å². The van der Waals surface area contributed by atoms with Crippen molar-refractivity contribution in [2.45, 2.75) is 23.5 Å². The van der Waals surface area contributed by atoms with E-state index in [1.54, 1.807) is 84.9 Å². The zero-order chi connectivity index (χ0) is 30.8. The van der Waals surface area contributed by atoms with E-state index in [1.165, 1.54) is 30.0 Å². The quantitative estimate of drug-likeness (QED) is 0.107. The van der Waals surface area contributed by atoms with Crippen LogP contribution in [0.1, 0.15) is 39.6 Å². The molecule has 0 saturated heterocycles. The van der Waals surface area contributed by atoms with Crippen molar-refractivity contribution in [3.05, 3.63) is 131 Å². The summed E-state index contributed by atoms with van der Waals surface area (Å²) in [5, 5.41) is 17.4. The van der Waals surface area contributed by atoms with Gasteiger partial charge in [-0.1, -0.05) is 67.1 Å². The molecule has 0 spiro atoms. The van der Waals surface area contributed by atoms with Crippen LogP contribution in [-0.2, 0) is 9.59 Å². The summed E-state index contributed by atoms with van der Waals surface area (Å²) in [6, 6.07) is 28.5. The number of hydrogen-bond acceptors (Lipinski definition) is 5. The molecule has 1 unspecified atom stereocenters. The number of carboxylic acid groups (broad SMARTS) is 1. The standard InChI is InChI=1S/C33H28ClN3O5S/c1-2-29(32(40)36-24-14-8-13-23(18-24)33(41)42)43-26-16-9-15-25(20-26)35-31(39)28(19-22-12-6-7-17-27(22)34)37-30(38)21-10-4-3-5-11-21/h3-20,29H,2H2,1H3,(H,35,39)(H,36,40)(H,37,38)(H,41,42)/b28-19+. The maximum atomic E-state index is 13.4. The van der Waals surface area contributed by atoms with Gasteiger partial charge in [-0.15, -0.1) is 11.8 Å². The number of carboxylic acids is 1. The Morgan fingerprint density at radius 1 is 0.814 bits per heavy atom. The number of nitrogens with one attached hydrogen (secondary N) is 3. The number of anilines is 2. The van der Waals surface area contributed by atoms with Gasteiger partial charge in [0.15, 0.2) is 0 Å². The highest BCUT2D eigenvalue weighted by molar-refractivity contribution is 8.00. The molecule has 0 aliphatic heterocycles. The molecule has 4 rings (SSSR count). The lowest BCUT2D eigenvalue weighted by atomic mass is 10.1. The van der Waals surface area contributed by atoms with Crippen molar-refractivity contribution < 1.29 is 24.3 Å². The van der Waals surface area contributed by atoms with E-state index in [4.69, 9.17) is 11.6 Å². The molecule has 4 aromatic rings. The van der Waals surface area contributed by atoms with E-state index < -0.39 is 23.0 Å². The molecular weight excluding hydrogens is 586 g/mol. The number of rotatable bonds is 11. The number of carbonyl (C=O) groups excluding carboxylic acids is 3. The maximum absolute atomic E-state index is 13.4. The Hall–Kier alpha value is -4.86. The van der Waals surface area contributed by atoms with E-state index in [1.807, 2.05) is 13.0 Å². The number of aromatic carboxylic acids is 1. The van der Waals surface area contributed by atoms with Gasteiger partial charge >= 0.3 is 5.97 Å². The van der Waals surface area contributed by atoms with Crippen molar-refractivity contribution in [3.8, 4) is 0 Å². The van der Waals surface area contributed by atoms with Crippen LogP contribution < -0.4 is 16.0 Å². The lowest BCUT2D eigenvalue weighted by Crippen LogP contribution is -2.30. The number of thioether (sulfide) groups is 1. The molecule has 218 valence electrons. The second-order valence-electron chi connectivity index (χ2n) is 9.27. The van der Waals surface area contributed by atoms with Crippen LogP contribution in [0, 0.1) is 0 Å². The highest BCUT2D eigenvalue weighted by Gasteiger charge is 2.20. The van der Waals surface area contributed by atoms with Gasteiger partial charge < -0.3 is 21.1 Å². The molecular formula is C33H28ClN3O5S. The molecule has 10 heteroatoms. The van der Waals surface area contributed by atoms with Gasteiger partial charge in [-0.05, 0) is 72.7 Å². The zero-order valence-corrected chi connectivity index (χ0v) is 24.6. The summed E-state index contributed by atoms with van der Waals surface area (Å²) in [5.74, 6) is -2.38. The van der Waals surface area contributed by atoms with Crippen LogP contribution >= 0.6 is 23.4 Å². The second kappa shape index (κ2) is 14.9. The minimum atomic E-state index is -1.08. The van der Waals surface area contributed by atoms with E-state index in [0.717, 1.165) is 4.90 Å². The average Bonchev–Trinajstić information content (AvgIpc) is 3.01. The topological polar surface area (TPSA) is 125 Å². The van der Waals surface area contributed by atoms with Crippen LogP contribution in [0.2, 0.25) is 5.02 Å². The Bertz CT molecular complexity index is 1680. The Kier molecular flexibility index (Phi) is 10.7. The molecule has 0 fully saturated rings. The summed E-state index contributed by atoms with van der Waals surface area (Å²) in [6.45, 7) is 1.87. The Labute approximate surface area is 258 Å². The molecule has 8 nitrogen and oxygen atoms in total. The summed E-state index contributed by atoms with van der Waals surface area (Å²) in [7, 11) is 0. The van der Waals surface area contributed by atoms with Gasteiger partial charge in [-0.2, -0.15) is 0 Å². The normalized spacial score (nSPS) is 11.7. The molecule has 4 aromatic carbocycles. The Balaban J connectivity index is 1.50. The molecule has 0 saturated carbocycles. The van der Waals surface area contributed by atoms with Gasteiger partial charge in [0, 0.05) is 26.9 Å². The lowest BCUT2D eigenvalue weighted by Gasteiger charge is -2.16. The fourth-order valence-corrected chi connectivity index (χ4v) is 5.18. The molecule has 0 radical (unpaired) electrons. The van der Waals surface area contributed by atoms with Gasteiger partial charge in [0.1, 0.15) is 5.70 Å². The van der Waals surface area contributed by atoms with E-state index >= 15 is 0 Å². The molecule has 4 N–H and O–H groups in total. The first kappa shape index (κ1) is 31.1. The summed E-state index contributed by atoms with van der Waals surface area (Å²) in [6.07, 6.45) is 2.01. The van der Waals surface area contributed by atoms with Crippen molar-refractivity contribution in [2.75, 3.05) is 10.6 Å². The fraction of sp³-hybridized carbons (Fsp3) is 0.0909. The van der Waals surface area contributed by atoms with Crippen LogP contribution in [0.5, 0.6) is 0 Å². The van der Waals surface area contributed by atoms with E-state index in [-0.39, 0.29) is 17.2 Å². The molecule has 0 heterocycles. The molecule has 0 aliphatic rings. The first-order valence-corrected chi connectivity index (χ1v) is 14.5. The SMILES string of the molecule is CCC(Sc1cccc(NC(=O)/C(=C\c2ccccc2Cl)NC(=O)c2ccccc2)c1)C(=O)Nc1cccc(C(=O)O)c1. The molecule has 3 amide bonds. The van der Waals surface area contributed by atoms with Crippen LogP contribution in [0.4, 0.5) is 11.4 Å². The third kappa shape index (κ3) is 8.81. The van der Waals surface area contributed by atoms with Crippen molar-refractivity contribution in [1.29, 1.82) is 0 Å². The first-order chi connectivity index (χ1) is 20.7. The van der Waals surface area contributed by atoms with Gasteiger partial charge in [-0.25, -0.2) is 4.79 Å². The van der Waals surface area contributed by atoms with Gasteiger partial charge in [0.05, 0.1) is 10.8 Å². The van der Waals surface area contributed by atoms with Crippen molar-refractivity contribution in [2.24, 2.45) is 0 Å². The van der Waals surface area contributed by atoms with Crippen LogP contribution in [0.25, 0.3) is 6.08 Å². The smallest absolute Gasteiger partial charge is 0.335 e. The number of halogens is 1. The monoisotopic (exact) mass is 613 g/mol. The predicted octanol–water partition coefficient (Wildman–Crippen LogP) is 6.96.